The number of anilines is 1. The van der Waals surface area contributed by atoms with Crippen molar-refractivity contribution in [2.45, 2.75) is 70.9 Å². The second kappa shape index (κ2) is 8.67. The van der Waals surface area contributed by atoms with Crippen LogP contribution in [0.5, 0.6) is 0 Å². The molecule has 0 aromatic carbocycles. The Morgan fingerprint density at radius 1 is 1.24 bits per heavy atom. The highest BCUT2D eigenvalue weighted by Crippen LogP contribution is 2.35. The molecule has 2 atom stereocenters. The fraction of sp³-hybridized carbons (Fsp3) is 0.600. The average molecular weight is 402 g/mol. The zero-order chi connectivity index (χ0) is 21.1. The predicted octanol–water partition coefficient (Wildman–Crippen LogP) is 3.29. The molecular formula is C20H30N6O3. The van der Waals surface area contributed by atoms with Gasteiger partial charge in [0.25, 0.3) is 5.91 Å². The lowest BCUT2D eigenvalue weighted by molar-refractivity contribution is 0.0979. The monoisotopic (exact) mass is 402 g/mol. The molecule has 1 fully saturated rings. The second-order valence-corrected chi connectivity index (χ2v) is 8.23. The lowest BCUT2D eigenvalue weighted by Gasteiger charge is -2.14. The maximum atomic E-state index is 12.6. The van der Waals surface area contributed by atoms with Crippen molar-refractivity contribution in [2.24, 2.45) is 7.05 Å². The normalized spacial score (nSPS) is 19.0. The summed E-state index contributed by atoms with van der Waals surface area (Å²) < 4.78 is 7.06. The minimum atomic E-state index is -0.375. The lowest BCUT2D eigenvalue weighted by Crippen LogP contribution is -2.33. The molecule has 0 spiro atoms. The summed E-state index contributed by atoms with van der Waals surface area (Å²) in [5.74, 6) is 0.691. The Balaban J connectivity index is 1.57. The van der Waals surface area contributed by atoms with Gasteiger partial charge in [-0.15, -0.1) is 0 Å². The summed E-state index contributed by atoms with van der Waals surface area (Å²) in [6, 6.07) is 3.70. The van der Waals surface area contributed by atoms with E-state index in [-0.39, 0.29) is 36.0 Å². The Hall–Kier alpha value is -2.84. The first-order valence-electron chi connectivity index (χ1n) is 10.1. The van der Waals surface area contributed by atoms with Crippen molar-refractivity contribution in [3.05, 3.63) is 29.2 Å². The summed E-state index contributed by atoms with van der Waals surface area (Å²) in [6.07, 6.45) is 1.96. The highest BCUT2D eigenvalue weighted by Gasteiger charge is 2.30. The van der Waals surface area contributed by atoms with Crippen LogP contribution in [0.1, 0.15) is 80.7 Å². The molecule has 0 bridgehead atoms. The molecule has 2 heterocycles. The van der Waals surface area contributed by atoms with Gasteiger partial charge >= 0.3 is 6.09 Å². The Bertz CT molecular complexity index is 869. The molecule has 1 saturated carbocycles. The second-order valence-electron chi connectivity index (χ2n) is 8.23. The van der Waals surface area contributed by atoms with E-state index in [1.807, 2.05) is 33.8 Å². The number of hydrogen-bond acceptors (Lipinski definition) is 5. The number of aromatic amines is 1. The number of hydrogen-bond donors (Lipinski definition) is 3. The van der Waals surface area contributed by atoms with Crippen LogP contribution in [0.15, 0.2) is 12.1 Å². The van der Waals surface area contributed by atoms with E-state index in [1.54, 1.807) is 17.8 Å². The number of nitrogens with zero attached hydrogens (tertiary/aromatic N) is 3. The first kappa shape index (κ1) is 20.9. The standard InChI is InChI=1S/C20H30N6O3/c1-11(2)15-9-17(26(5)25-15)19(27)22-18-10-16(23-24-18)13-6-7-14(8-13)29-20(28)21-12(3)4/h9-14H,6-8H2,1-5H3,(H,21,28)(H2,22,23,24,27)/t13-,14+/m0/s1. The van der Waals surface area contributed by atoms with Crippen molar-refractivity contribution < 1.29 is 14.3 Å². The number of ether oxygens (including phenoxy) is 1. The number of carbonyl (C=O) groups is 2. The summed E-state index contributed by atoms with van der Waals surface area (Å²) in [4.78, 5) is 24.3. The quantitative estimate of drug-likeness (QED) is 0.686. The first-order valence-corrected chi connectivity index (χ1v) is 10.1. The van der Waals surface area contributed by atoms with Crippen molar-refractivity contribution in [1.29, 1.82) is 0 Å². The van der Waals surface area contributed by atoms with Crippen molar-refractivity contribution in [3.63, 3.8) is 0 Å². The van der Waals surface area contributed by atoms with Crippen LogP contribution in [0.25, 0.3) is 0 Å². The number of carbonyl (C=O) groups excluding carboxylic acids is 2. The van der Waals surface area contributed by atoms with E-state index in [9.17, 15) is 9.59 Å². The topological polar surface area (TPSA) is 114 Å². The van der Waals surface area contributed by atoms with Crippen molar-refractivity contribution in [3.8, 4) is 0 Å². The predicted molar refractivity (Wildman–Crippen MR) is 109 cm³/mol. The summed E-state index contributed by atoms with van der Waals surface area (Å²) in [5, 5.41) is 17.2. The average Bonchev–Trinajstić information content (AvgIpc) is 3.33. The molecule has 3 rings (SSSR count). The minimum absolute atomic E-state index is 0.0505. The zero-order valence-electron chi connectivity index (χ0n) is 17.7. The highest BCUT2D eigenvalue weighted by molar-refractivity contribution is 6.02. The third-order valence-electron chi connectivity index (χ3n) is 5.07. The third-order valence-corrected chi connectivity index (χ3v) is 5.07. The van der Waals surface area contributed by atoms with E-state index in [4.69, 9.17) is 4.74 Å². The van der Waals surface area contributed by atoms with Crippen molar-refractivity contribution >= 4 is 17.8 Å². The summed E-state index contributed by atoms with van der Waals surface area (Å²) in [6.45, 7) is 7.87. The fourth-order valence-electron chi connectivity index (χ4n) is 3.52. The number of aromatic nitrogens is 4. The fourth-order valence-corrected chi connectivity index (χ4v) is 3.52. The van der Waals surface area contributed by atoms with E-state index in [1.165, 1.54) is 0 Å². The van der Waals surface area contributed by atoms with Gasteiger partial charge in [0.05, 0.1) is 5.69 Å². The SMILES string of the molecule is CC(C)NC(=O)O[C@@H]1CC[C@H](c2cc(NC(=O)c3cc(C(C)C)nn3C)n[nH]2)C1. The number of H-pyrrole nitrogens is 1. The molecule has 2 amide bonds. The minimum Gasteiger partial charge on any atom is -0.446 e. The van der Waals surface area contributed by atoms with Crippen LogP contribution in [0.4, 0.5) is 10.6 Å². The summed E-state index contributed by atoms with van der Waals surface area (Å²) in [7, 11) is 1.75. The molecular weight excluding hydrogens is 372 g/mol. The van der Waals surface area contributed by atoms with E-state index in [2.05, 4.69) is 25.9 Å². The van der Waals surface area contributed by atoms with Gasteiger partial charge in [-0.25, -0.2) is 4.79 Å². The van der Waals surface area contributed by atoms with E-state index in [0.717, 1.165) is 30.7 Å². The van der Waals surface area contributed by atoms with Crippen LogP contribution in [0.2, 0.25) is 0 Å². The molecule has 29 heavy (non-hydrogen) atoms. The maximum Gasteiger partial charge on any atom is 0.407 e. The number of nitrogens with one attached hydrogen (secondary N) is 3. The van der Waals surface area contributed by atoms with Crippen molar-refractivity contribution in [2.75, 3.05) is 5.32 Å². The highest BCUT2D eigenvalue weighted by atomic mass is 16.6. The van der Waals surface area contributed by atoms with Crippen LogP contribution in [0, 0.1) is 0 Å². The molecule has 9 nitrogen and oxygen atoms in total. The molecule has 2 aromatic heterocycles. The Labute approximate surface area is 170 Å². The number of amides is 2. The molecule has 0 radical (unpaired) electrons. The summed E-state index contributed by atoms with van der Waals surface area (Å²) >= 11 is 0. The van der Waals surface area contributed by atoms with Gasteiger partial charge in [-0.2, -0.15) is 10.2 Å². The van der Waals surface area contributed by atoms with E-state index in [0.29, 0.717) is 11.5 Å². The smallest absolute Gasteiger partial charge is 0.407 e. The van der Waals surface area contributed by atoms with Gasteiger partial charge in [-0.3, -0.25) is 14.6 Å². The van der Waals surface area contributed by atoms with Gasteiger partial charge in [-0.1, -0.05) is 13.8 Å². The number of alkyl carbamates (subject to hydrolysis) is 1. The lowest BCUT2D eigenvalue weighted by atomic mass is 10.0. The molecule has 9 heteroatoms. The van der Waals surface area contributed by atoms with Crippen LogP contribution in [-0.2, 0) is 11.8 Å². The maximum absolute atomic E-state index is 12.6. The Morgan fingerprint density at radius 3 is 2.66 bits per heavy atom. The Morgan fingerprint density at radius 2 is 2.00 bits per heavy atom. The first-order chi connectivity index (χ1) is 13.7. The van der Waals surface area contributed by atoms with Gasteiger partial charge in [0.2, 0.25) is 0 Å². The largest absolute Gasteiger partial charge is 0.446 e. The molecule has 0 aliphatic heterocycles. The number of aryl methyl sites for hydroxylation is 1. The van der Waals surface area contributed by atoms with E-state index >= 15 is 0 Å². The van der Waals surface area contributed by atoms with Gasteiger partial charge in [0, 0.05) is 30.8 Å². The van der Waals surface area contributed by atoms with Crippen molar-refractivity contribution in [1.82, 2.24) is 25.3 Å². The van der Waals surface area contributed by atoms with Crippen LogP contribution in [-0.4, -0.2) is 44.1 Å². The van der Waals surface area contributed by atoms with Crippen LogP contribution >= 0.6 is 0 Å². The van der Waals surface area contributed by atoms with Crippen LogP contribution in [0.3, 0.4) is 0 Å². The van der Waals surface area contributed by atoms with E-state index < -0.39 is 0 Å². The molecule has 3 N–H and O–H groups in total. The molecule has 0 saturated heterocycles. The third kappa shape index (κ3) is 5.16. The molecule has 1 aliphatic carbocycles. The van der Waals surface area contributed by atoms with Crippen LogP contribution < -0.4 is 10.6 Å². The molecule has 1 aliphatic rings. The summed E-state index contributed by atoms with van der Waals surface area (Å²) in [5.41, 5.74) is 2.30. The van der Waals surface area contributed by atoms with Gasteiger partial charge < -0.3 is 15.4 Å². The van der Waals surface area contributed by atoms with Gasteiger partial charge in [-0.05, 0) is 45.1 Å². The zero-order valence-corrected chi connectivity index (χ0v) is 17.7. The Kier molecular flexibility index (Phi) is 6.24. The number of rotatable bonds is 6. The van der Waals surface area contributed by atoms with Gasteiger partial charge in [0.15, 0.2) is 5.82 Å². The molecule has 2 aromatic rings. The van der Waals surface area contributed by atoms with Gasteiger partial charge in [0.1, 0.15) is 11.8 Å². The molecule has 0 unspecified atom stereocenters. The molecule has 158 valence electrons.